The number of carbonyl (C=O) groups excluding carboxylic acids is 4. The van der Waals surface area contributed by atoms with Gasteiger partial charge in [-0.15, -0.1) is 0 Å². The van der Waals surface area contributed by atoms with Crippen LogP contribution in [0.15, 0.2) is 42.5 Å². The van der Waals surface area contributed by atoms with Crippen LogP contribution >= 0.6 is 0 Å². The highest BCUT2D eigenvalue weighted by molar-refractivity contribution is 6.00. The summed E-state index contributed by atoms with van der Waals surface area (Å²) in [7, 11) is 0. The SMILES string of the molecule is CCCCCNC(=O)OC(C)(C)C.Cc1cc(O)cc2c1CC(C(=O)NC(=O)NCC(N)=O)N2.Cc1ccccc1. The van der Waals surface area contributed by atoms with E-state index in [2.05, 4.69) is 47.2 Å². The summed E-state index contributed by atoms with van der Waals surface area (Å²) in [4.78, 5) is 45.0. The number of imide groups is 1. The summed E-state index contributed by atoms with van der Waals surface area (Å²) in [5.41, 5.74) is 8.27. The molecule has 1 aliphatic rings. The molecule has 226 valence electrons. The van der Waals surface area contributed by atoms with Gasteiger partial charge in [0.1, 0.15) is 17.4 Å². The van der Waals surface area contributed by atoms with E-state index in [1.807, 2.05) is 45.9 Å². The molecule has 0 bridgehead atoms. The molecule has 2 aromatic rings. The molecule has 11 nitrogen and oxygen atoms in total. The lowest BCUT2D eigenvalue weighted by atomic mass is 10.0. The molecule has 0 aromatic heterocycles. The number of hydrogen-bond donors (Lipinski definition) is 6. The summed E-state index contributed by atoms with van der Waals surface area (Å²) in [6.07, 6.45) is 3.43. The molecule has 41 heavy (non-hydrogen) atoms. The summed E-state index contributed by atoms with van der Waals surface area (Å²) in [5, 5.41) is 19.5. The smallest absolute Gasteiger partial charge is 0.407 e. The molecule has 2 aromatic carbocycles. The molecule has 0 spiro atoms. The van der Waals surface area contributed by atoms with Gasteiger partial charge in [-0.3, -0.25) is 14.9 Å². The Hall–Kier alpha value is -4.28. The maximum Gasteiger partial charge on any atom is 0.407 e. The Morgan fingerprint density at radius 2 is 1.71 bits per heavy atom. The third-order valence-corrected chi connectivity index (χ3v) is 5.56. The van der Waals surface area contributed by atoms with Crippen molar-refractivity contribution in [2.45, 2.75) is 78.9 Å². The Morgan fingerprint density at radius 1 is 1.05 bits per heavy atom. The standard InChI is InChI=1S/C13H16N4O4.C10H21NO2.C7H8/c1-6-2-7(18)3-9-8(6)4-10(16-9)12(20)17-13(21)15-5-11(14)19;1-5-6-7-8-11-9(12)13-10(2,3)4;1-7-5-3-2-4-6-7/h2-3,10,16,18H,4-5H2,1H3,(H2,14,19)(H2,15,17,20,21);5-8H2,1-4H3,(H,11,12);2-6H,1H3. The average Bonchev–Trinajstić information content (AvgIpc) is 3.30. The lowest BCUT2D eigenvalue weighted by Gasteiger charge is -2.19. The van der Waals surface area contributed by atoms with Gasteiger partial charge in [0.15, 0.2) is 0 Å². The van der Waals surface area contributed by atoms with E-state index in [4.69, 9.17) is 10.5 Å². The maximum absolute atomic E-state index is 12.0. The first kappa shape index (κ1) is 34.7. The highest BCUT2D eigenvalue weighted by Crippen LogP contribution is 2.32. The number of anilines is 1. The van der Waals surface area contributed by atoms with Gasteiger partial charge in [0.2, 0.25) is 5.91 Å². The second kappa shape index (κ2) is 17.4. The van der Waals surface area contributed by atoms with E-state index < -0.39 is 29.5 Å². The number of nitrogens with one attached hydrogen (secondary N) is 4. The summed E-state index contributed by atoms with van der Waals surface area (Å²) in [6.45, 7) is 12.0. The molecule has 1 unspecified atom stereocenters. The number of hydrogen-bond acceptors (Lipinski definition) is 7. The Balaban J connectivity index is 0.000000356. The van der Waals surface area contributed by atoms with E-state index in [1.54, 1.807) is 6.07 Å². The molecule has 1 atom stereocenters. The fourth-order valence-electron chi connectivity index (χ4n) is 3.62. The van der Waals surface area contributed by atoms with Crippen LogP contribution in [0, 0.1) is 13.8 Å². The van der Waals surface area contributed by atoms with Gasteiger partial charge in [0, 0.05) is 24.7 Å². The number of fused-ring (bicyclic) bond motifs is 1. The van der Waals surface area contributed by atoms with Gasteiger partial charge in [-0.05, 0) is 58.2 Å². The van der Waals surface area contributed by atoms with Gasteiger partial charge in [-0.1, -0.05) is 55.7 Å². The number of primary amides is 1. The van der Waals surface area contributed by atoms with E-state index in [-0.39, 0.29) is 18.4 Å². The van der Waals surface area contributed by atoms with Gasteiger partial charge >= 0.3 is 12.1 Å². The number of phenolic OH excluding ortho intramolecular Hbond substituents is 1. The van der Waals surface area contributed by atoms with Crippen LogP contribution < -0.4 is 27.0 Å². The van der Waals surface area contributed by atoms with E-state index in [0.29, 0.717) is 18.7 Å². The number of amides is 5. The molecule has 7 N–H and O–H groups in total. The van der Waals surface area contributed by atoms with Crippen LogP contribution in [0.4, 0.5) is 15.3 Å². The van der Waals surface area contributed by atoms with Crippen molar-refractivity contribution in [2.75, 3.05) is 18.4 Å². The maximum atomic E-state index is 12.0. The van der Waals surface area contributed by atoms with Crippen molar-refractivity contribution in [3.05, 3.63) is 59.2 Å². The zero-order valence-electron chi connectivity index (χ0n) is 24.9. The topological polar surface area (TPSA) is 172 Å². The second-order valence-electron chi connectivity index (χ2n) is 10.6. The summed E-state index contributed by atoms with van der Waals surface area (Å²) < 4.78 is 5.07. The largest absolute Gasteiger partial charge is 0.508 e. The second-order valence-corrected chi connectivity index (χ2v) is 10.6. The molecular weight excluding hydrogens is 526 g/mol. The number of urea groups is 1. The number of alkyl carbamates (subject to hydrolysis) is 1. The number of nitrogens with two attached hydrogens (primary N) is 1. The van der Waals surface area contributed by atoms with Crippen LogP contribution in [0.25, 0.3) is 0 Å². The van der Waals surface area contributed by atoms with Crippen molar-refractivity contribution < 1.29 is 29.0 Å². The first-order valence-corrected chi connectivity index (χ1v) is 13.7. The van der Waals surface area contributed by atoms with Crippen LogP contribution in [0.3, 0.4) is 0 Å². The lowest BCUT2D eigenvalue weighted by molar-refractivity contribution is -0.121. The summed E-state index contributed by atoms with van der Waals surface area (Å²) in [5.74, 6) is -1.11. The molecular formula is C30H45N5O6. The van der Waals surface area contributed by atoms with Crippen molar-refractivity contribution in [3.63, 3.8) is 0 Å². The monoisotopic (exact) mass is 571 g/mol. The van der Waals surface area contributed by atoms with Crippen molar-refractivity contribution in [3.8, 4) is 5.75 Å². The van der Waals surface area contributed by atoms with E-state index in [9.17, 15) is 24.3 Å². The minimum atomic E-state index is -0.781. The number of aromatic hydroxyl groups is 1. The minimum Gasteiger partial charge on any atom is -0.508 e. The first-order chi connectivity index (χ1) is 19.2. The molecule has 3 rings (SSSR count). The van der Waals surface area contributed by atoms with Crippen molar-refractivity contribution in [1.29, 1.82) is 0 Å². The molecule has 0 fully saturated rings. The van der Waals surface area contributed by atoms with Crippen LogP contribution in [-0.4, -0.2) is 53.8 Å². The Kier molecular flexibility index (Phi) is 14.8. The fourth-order valence-corrected chi connectivity index (χ4v) is 3.62. The molecule has 11 heteroatoms. The van der Waals surface area contributed by atoms with Crippen molar-refractivity contribution in [1.82, 2.24) is 16.0 Å². The average molecular weight is 572 g/mol. The summed E-state index contributed by atoms with van der Waals surface area (Å²) >= 11 is 0. The van der Waals surface area contributed by atoms with Gasteiger partial charge in [0.25, 0.3) is 5.91 Å². The Morgan fingerprint density at radius 3 is 2.24 bits per heavy atom. The number of carbonyl (C=O) groups is 4. The third kappa shape index (κ3) is 15.2. The van der Waals surface area contributed by atoms with Crippen LogP contribution in [0.2, 0.25) is 0 Å². The molecule has 0 aliphatic carbocycles. The van der Waals surface area contributed by atoms with Gasteiger partial charge in [-0.25, -0.2) is 9.59 Å². The Bertz CT molecular complexity index is 1150. The minimum absolute atomic E-state index is 0.110. The van der Waals surface area contributed by atoms with E-state index >= 15 is 0 Å². The number of rotatable bonds is 7. The molecule has 1 aliphatic heterocycles. The van der Waals surface area contributed by atoms with Crippen LogP contribution in [0.5, 0.6) is 5.75 Å². The van der Waals surface area contributed by atoms with Gasteiger partial charge < -0.3 is 31.5 Å². The number of ether oxygens (including phenoxy) is 1. The van der Waals surface area contributed by atoms with E-state index in [0.717, 1.165) is 30.4 Å². The van der Waals surface area contributed by atoms with Crippen LogP contribution in [-0.2, 0) is 20.7 Å². The number of phenols is 1. The zero-order chi connectivity index (χ0) is 31.0. The number of benzene rings is 2. The lowest BCUT2D eigenvalue weighted by Crippen LogP contribution is -2.47. The Labute approximate surface area is 242 Å². The normalized spacial score (nSPS) is 13.1. The molecule has 5 amide bonds. The predicted molar refractivity (Wildman–Crippen MR) is 160 cm³/mol. The number of aryl methyl sites for hydroxylation is 2. The first-order valence-electron chi connectivity index (χ1n) is 13.7. The molecule has 0 saturated heterocycles. The third-order valence-electron chi connectivity index (χ3n) is 5.56. The molecule has 0 saturated carbocycles. The van der Waals surface area contributed by atoms with Crippen molar-refractivity contribution in [2.24, 2.45) is 5.73 Å². The zero-order valence-corrected chi connectivity index (χ0v) is 24.9. The highest BCUT2D eigenvalue weighted by Gasteiger charge is 2.29. The number of unbranched alkanes of at least 4 members (excludes halogenated alkanes) is 2. The molecule has 0 radical (unpaired) electrons. The van der Waals surface area contributed by atoms with Gasteiger partial charge in [-0.2, -0.15) is 0 Å². The molecule has 1 heterocycles. The quantitative estimate of drug-likeness (QED) is 0.272. The van der Waals surface area contributed by atoms with Crippen LogP contribution in [0.1, 0.15) is 63.6 Å². The summed E-state index contributed by atoms with van der Waals surface area (Å²) in [6, 6.07) is 12.0. The van der Waals surface area contributed by atoms with E-state index in [1.165, 1.54) is 11.6 Å². The predicted octanol–water partition coefficient (Wildman–Crippen LogP) is 4.04. The fraction of sp³-hybridized carbons (Fsp3) is 0.467. The van der Waals surface area contributed by atoms with Crippen molar-refractivity contribution >= 4 is 29.6 Å². The van der Waals surface area contributed by atoms with Gasteiger partial charge in [0.05, 0.1) is 6.54 Å². The highest BCUT2D eigenvalue weighted by atomic mass is 16.6.